The van der Waals surface area contributed by atoms with Crippen molar-refractivity contribution < 1.29 is 14.7 Å². The van der Waals surface area contributed by atoms with Crippen molar-refractivity contribution in [2.75, 3.05) is 20.1 Å². The van der Waals surface area contributed by atoms with Crippen molar-refractivity contribution in [1.29, 1.82) is 0 Å². The monoisotopic (exact) mass is 256 g/mol. The third-order valence-electron chi connectivity index (χ3n) is 3.59. The summed E-state index contributed by atoms with van der Waals surface area (Å²) in [4.78, 5) is 26.6. The Morgan fingerprint density at radius 1 is 1.33 bits per heavy atom. The normalized spacial score (nSPS) is 15.3. The Balaban J connectivity index is 2.71. The standard InChI is InChI=1S/C13H24N2O3/c1-5-8-15(9-10-6-7-10)12(18)14(4)13(2,3)11(16)17/h10H,5-9H2,1-4H3,(H,16,17). The number of carbonyl (C=O) groups excluding carboxylic acids is 1. The van der Waals surface area contributed by atoms with Crippen LogP contribution in [-0.4, -0.2) is 52.6 Å². The highest BCUT2D eigenvalue weighted by Crippen LogP contribution is 2.30. The lowest BCUT2D eigenvalue weighted by Crippen LogP contribution is -2.55. The molecule has 0 bridgehead atoms. The fraction of sp³-hybridized carbons (Fsp3) is 0.846. The van der Waals surface area contributed by atoms with Crippen LogP contribution < -0.4 is 0 Å². The molecule has 2 amide bonds. The van der Waals surface area contributed by atoms with Crippen LogP contribution in [0.4, 0.5) is 4.79 Å². The first-order valence-electron chi connectivity index (χ1n) is 6.56. The fourth-order valence-electron chi connectivity index (χ4n) is 1.74. The first kappa shape index (κ1) is 14.8. The van der Waals surface area contributed by atoms with Crippen molar-refractivity contribution in [3.05, 3.63) is 0 Å². The molecule has 5 nitrogen and oxygen atoms in total. The maximum absolute atomic E-state index is 12.3. The SMILES string of the molecule is CCCN(CC1CC1)C(=O)N(C)C(C)(C)C(=O)O. The molecule has 0 unspecified atom stereocenters. The number of nitrogens with zero attached hydrogens (tertiary/aromatic N) is 2. The van der Waals surface area contributed by atoms with Gasteiger partial charge in [0.2, 0.25) is 0 Å². The minimum Gasteiger partial charge on any atom is -0.480 e. The van der Waals surface area contributed by atoms with Crippen LogP contribution in [0.1, 0.15) is 40.0 Å². The van der Waals surface area contributed by atoms with Crippen LogP contribution in [0.15, 0.2) is 0 Å². The highest BCUT2D eigenvalue weighted by molar-refractivity contribution is 5.85. The van der Waals surface area contributed by atoms with E-state index < -0.39 is 11.5 Å². The van der Waals surface area contributed by atoms with Gasteiger partial charge in [0.25, 0.3) is 0 Å². The summed E-state index contributed by atoms with van der Waals surface area (Å²) in [6, 6.07) is -0.184. The lowest BCUT2D eigenvalue weighted by atomic mass is 10.0. The predicted molar refractivity (Wildman–Crippen MR) is 69.5 cm³/mol. The van der Waals surface area contributed by atoms with Crippen molar-refractivity contribution in [2.24, 2.45) is 5.92 Å². The zero-order valence-electron chi connectivity index (χ0n) is 11.8. The molecule has 1 N–H and O–H groups in total. The number of hydrogen-bond donors (Lipinski definition) is 1. The summed E-state index contributed by atoms with van der Waals surface area (Å²) < 4.78 is 0. The number of rotatable bonds is 6. The van der Waals surface area contributed by atoms with E-state index in [0.29, 0.717) is 12.5 Å². The lowest BCUT2D eigenvalue weighted by Gasteiger charge is -2.36. The Kier molecular flexibility index (Phi) is 4.59. The number of urea groups is 1. The quantitative estimate of drug-likeness (QED) is 0.791. The molecule has 0 radical (unpaired) electrons. The Morgan fingerprint density at radius 3 is 2.28 bits per heavy atom. The van der Waals surface area contributed by atoms with Gasteiger partial charge in [-0.3, -0.25) is 0 Å². The maximum atomic E-state index is 12.3. The van der Waals surface area contributed by atoms with Gasteiger partial charge in [0.1, 0.15) is 5.54 Å². The summed E-state index contributed by atoms with van der Waals surface area (Å²) in [5, 5.41) is 9.15. The third kappa shape index (κ3) is 3.37. The second-order valence-electron chi connectivity index (χ2n) is 5.60. The van der Waals surface area contributed by atoms with E-state index in [1.54, 1.807) is 25.8 Å². The summed E-state index contributed by atoms with van der Waals surface area (Å²) in [6.45, 7) is 6.57. The highest BCUT2D eigenvalue weighted by Gasteiger charge is 2.38. The van der Waals surface area contributed by atoms with Crippen molar-refractivity contribution in [3.63, 3.8) is 0 Å². The molecular weight excluding hydrogens is 232 g/mol. The highest BCUT2D eigenvalue weighted by atomic mass is 16.4. The number of amides is 2. The molecular formula is C13H24N2O3. The third-order valence-corrected chi connectivity index (χ3v) is 3.59. The van der Waals surface area contributed by atoms with Gasteiger partial charge >= 0.3 is 12.0 Å². The minimum absolute atomic E-state index is 0.184. The van der Waals surface area contributed by atoms with Gasteiger partial charge in [0, 0.05) is 20.1 Å². The number of likely N-dealkylation sites (N-methyl/N-ethyl adjacent to an activating group) is 1. The number of aliphatic carboxylic acids is 1. The van der Waals surface area contributed by atoms with E-state index in [1.165, 1.54) is 17.7 Å². The Morgan fingerprint density at radius 2 is 1.89 bits per heavy atom. The van der Waals surface area contributed by atoms with Gasteiger partial charge in [-0.25, -0.2) is 9.59 Å². The Labute approximate surface area is 109 Å². The molecule has 0 spiro atoms. The molecule has 1 fully saturated rings. The number of carbonyl (C=O) groups is 2. The van der Waals surface area contributed by atoms with E-state index in [9.17, 15) is 9.59 Å². The van der Waals surface area contributed by atoms with Crippen LogP contribution in [0.2, 0.25) is 0 Å². The van der Waals surface area contributed by atoms with Crippen molar-refractivity contribution in [2.45, 2.75) is 45.6 Å². The molecule has 0 aliphatic heterocycles. The molecule has 0 atom stereocenters. The average Bonchev–Trinajstić information content (AvgIpc) is 3.10. The predicted octanol–water partition coefficient (Wildman–Crippen LogP) is 2.02. The summed E-state index contributed by atoms with van der Waals surface area (Å²) in [5.74, 6) is -0.372. The number of carboxylic acids is 1. The van der Waals surface area contributed by atoms with Crippen molar-refractivity contribution in [1.82, 2.24) is 9.80 Å². The van der Waals surface area contributed by atoms with Crippen LogP contribution in [0.3, 0.4) is 0 Å². The topological polar surface area (TPSA) is 60.9 Å². The van der Waals surface area contributed by atoms with E-state index in [2.05, 4.69) is 0 Å². The first-order chi connectivity index (χ1) is 8.30. The minimum atomic E-state index is -1.17. The van der Waals surface area contributed by atoms with Crippen LogP contribution in [0.25, 0.3) is 0 Å². The lowest BCUT2D eigenvalue weighted by molar-refractivity contribution is -0.147. The molecule has 1 rings (SSSR count). The van der Waals surface area contributed by atoms with E-state index in [0.717, 1.165) is 13.0 Å². The molecule has 104 valence electrons. The molecule has 0 aromatic rings. The molecule has 0 heterocycles. The van der Waals surface area contributed by atoms with Gasteiger partial charge in [0.15, 0.2) is 0 Å². The molecule has 1 saturated carbocycles. The van der Waals surface area contributed by atoms with Crippen LogP contribution in [0.5, 0.6) is 0 Å². The van der Waals surface area contributed by atoms with Gasteiger partial charge < -0.3 is 14.9 Å². The summed E-state index contributed by atoms with van der Waals surface area (Å²) in [6.07, 6.45) is 3.25. The Bertz CT molecular complexity index is 324. The molecule has 0 aromatic heterocycles. The van der Waals surface area contributed by atoms with Crippen molar-refractivity contribution in [3.8, 4) is 0 Å². The average molecular weight is 256 g/mol. The molecule has 5 heteroatoms. The second-order valence-corrected chi connectivity index (χ2v) is 5.60. The smallest absolute Gasteiger partial charge is 0.329 e. The summed E-state index contributed by atoms with van der Waals surface area (Å²) >= 11 is 0. The first-order valence-corrected chi connectivity index (χ1v) is 6.56. The van der Waals surface area contributed by atoms with Crippen LogP contribution in [0, 0.1) is 5.92 Å². The van der Waals surface area contributed by atoms with E-state index in [-0.39, 0.29) is 6.03 Å². The van der Waals surface area contributed by atoms with E-state index >= 15 is 0 Å². The molecule has 1 aliphatic rings. The summed E-state index contributed by atoms with van der Waals surface area (Å²) in [7, 11) is 1.56. The van der Waals surface area contributed by atoms with Gasteiger partial charge in [0.05, 0.1) is 0 Å². The zero-order chi connectivity index (χ0) is 13.9. The molecule has 18 heavy (non-hydrogen) atoms. The van der Waals surface area contributed by atoms with E-state index in [1.807, 2.05) is 6.92 Å². The molecule has 0 aromatic carbocycles. The fourth-order valence-corrected chi connectivity index (χ4v) is 1.74. The van der Waals surface area contributed by atoms with Gasteiger partial charge in [-0.15, -0.1) is 0 Å². The van der Waals surface area contributed by atoms with Crippen LogP contribution in [-0.2, 0) is 4.79 Å². The molecule has 1 aliphatic carbocycles. The number of hydrogen-bond acceptors (Lipinski definition) is 2. The second kappa shape index (κ2) is 5.59. The largest absolute Gasteiger partial charge is 0.480 e. The van der Waals surface area contributed by atoms with Gasteiger partial charge in [-0.1, -0.05) is 6.92 Å². The summed E-state index contributed by atoms with van der Waals surface area (Å²) in [5.41, 5.74) is -1.17. The maximum Gasteiger partial charge on any atom is 0.329 e. The van der Waals surface area contributed by atoms with Gasteiger partial charge in [-0.2, -0.15) is 0 Å². The molecule has 0 saturated heterocycles. The van der Waals surface area contributed by atoms with E-state index in [4.69, 9.17) is 5.11 Å². The van der Waals surface area contributed by atoms with Crippen molar-refractivity contribution >= 4 is 12.0 Å². The zero-order valence-corrected chi connectivity index (χ0v) is 11.8. The Hall–Kier alpha value is -1.26. The van der Waals surface area contributed by atoms with Crippen LogP contribution >= 0.6 is 0 Å². The van der Waals surface area contributed by atoms with Gasteiger partial charge in [-0.05, 0) is 39.0 Å². The number of carboxylic acid groups (broad SMARTS) is 1.